The van der Waals surface area contributed by atoms with Gasteiger partial charge < -0.3 is 10.1 Å². The Kier molecular flexibility index (Phi) is 5.76. The summed E-state index contributed by atoms with van der Waals surface area (Å²) in [5.74, 6) is 0.355. The van der Waals surface area contributed by atoms with Gasteiger partial charge in [0.25, 0.3) is 5.91 Å². The molecule has 1 aromatic heterocycles. The molecule has 2 N–H and O–H groups in total. The summed E-state index contributed by atoms with van der Waals surface area (Å²) >= 11 is 12.4. The molecule has 3 aromatic rings. The number of ether oxygens (including phenoxy) is 1. The predicted molar refractivity (Wildman–Crippen MR) is 114 cm³/mol. The first kappa shape index (κ1) is 19.8. The number of carbonyl (C=O) groups excluding carboxylic acids is 1. The Morgan fingerprint density at radius 2 is 1.97 bits per heavy atom. The van der Waals surface area contributed by atoms with Crippen LogP contribution >= 0.6 is 23.2 Å². The average molecular weight is 431 g/mol. The molecule has 2 heterocycles. The summed E-state index contributed by atoms with van der Waals surface area (Å²) in [4.78, 5) is 15.2. The molecule has 29 heavy (non-hydrogen) atoms. The molecule has 0 unspecified atom stereocenters. The fourth-order valence-electron chi connectivity index (χ4n) is 3.57. The van der Waals surface area contributed by atoms with Crippen LogP contribution in [-0.4, -0.2) is 34.7 Å². The second kappa shape index (κ2) is 8.45. The molecular weight excluding hydrogens is 411 g/mol. The highest BCUT2D eigenvalue weighted by Crippen LogP contribution is 2.35. The second-order valence-electron chi connectivity index (χ2n) is 6.87. The van der Waals surface area contributed by atoms with E-state index in [4.69, 9.17) is 27.9 Å². The highest BCUT2D eigenvalue weighted by atomic mass is 35.5. The van der Waals surface area contributed by atoms with Gasteiger partial charge in [-0.05, 0) is 24.1 Å². The molecule has 0 radical (unpaired) electrons. The molecule has 0 spiro atoms. The zero-order chi connectivity index (χ0) is 20.4. The van der Waals surface area contributed by atoms with Crippen molar-refractivity contribution in [1.29, 1.82) is 0 Å². The van der Waals surface area contributed by atoms with Crippen LogP contribution in [0.15, 0.2) is 42.5 Å². The second-order valence-corrected chi connectivity index (χ2v) is 7.68. The topological polar surface area (TPSA) is 70.2 Å². The van der Waals surface area contributed by atoms with Crippen molar-refractivity contribution >= 4 is 34.9 Å². The molecule has 1 amide bonds. The smallest absolute Gasteiger partial charge is 0.262 e. The number of methoxy groups -OCH3 is 1. The number of nitrogens with one attached hydrogen (secondary N) is 2. The van der Waals surface area contributed by atoms with Gasteiger partial charge in [0, 0.05) is 25.2 Å². The minimum Gasteiger partial charge on any atom is -0.494 e. The number of carbonyl (C=O) groups is 1. The van der Waals surface area contributed by atoms with Crippen molar-refractivity contribution in [3.05, 3.63) is 74.9 Å². The van der Waals surface area contributed by atoms with E-state index in [0.29, 0.717) is 10.8 Å². The van der Waals surface area contributed by atoms with Crippen molar-refractivity contribution < 1.29 is 9.53 Å². The molecule has 0 saturated heterocycles. The van der Waals surface area contributed by atoms with Crippen molar-refractivity contribution in [2.75, 3.05) is 19.0 Å². The third-order valence-electron chi connectivity index (χ3n) is 4.98. The van der Waals surface area contributed by atoms with Gasteiger partial charge in [-0.25, -0.2) is 0 Å². The number of rotatable bonds is 5. The predicted octanol–water partition coefficient (Wildman–Crippen LogP) is 4.54. The number of hydrogen-bond acceptors (Lipinski definition) is 4. The number of aromatic nitrogens is 2. The Morgan fingerprint density at radius 3 is 2.72 bits per heavy atom. The lowest BCUT2D eigenvalue weighted by atomic mass is 10.1. The Balaban J connectivity index is 1.50. The molecule has 1 aliphatic heterocycles. The Hall–Kier alpha value is -2.54. The number of amides is 1. The SMILES string of the molecule is COc1c(Cl)ccc(Cl)c1C(=O)Nc1n[nH]c2c1CCN(Cc1ccccc1)C2. The number of aromatic amines is 1. The minimum atomic E-state index is -0.407. The first-order valence-corrected chi connectivity index (χ1v) is 9.98. The fraction of sp³-hybridized carbons (Fsp3) is 0.238. The normalized spacial score (nSPS) is 13.8. The lowest BCUT2D eigenvalue weighted by Gasteiger charge is -2.26. The number of nitrogens with zero attached hydrogens (tertiary/aromatic N) is 2. The molecule has 4 rings (SSSR count). The van der Waals surface area contributed by atoms with Crippen molar-refractivity contribution in [2.45, 2.75) is 19.5 Å². The van der Waals surface area contributed by atoms with Crippen molar-refractivity contribution in [2.24, 2.45) is 0 Å². The number of hydrogen-bond donors (Lipinski definition) is 2. The van der Waals surface area contributed by atoms with Crippen LogP contribution in [0.2, 0.25) is 10.0 Å². The molecule has 150 valence electrons. The maximum absolute atomic E-state index is 12.9. The summed E-state index contributed by atoms with van der Waals surface area (Å²) in [5, 5.41) is 10.8. The molecule has 8 heteroatoms. The van der Waals surface area contributed by atoms with E-state index >= 15 is 0 Å². The van der Waals surface area contributed by atoms with E-state index in [1.807, 2.05) is 18.2 Å². The van der Waals surface area contributed by atoms with E-state index in [0.717, 1.165) is 37.3 Å². The number of fused-ring (bicyclic) bond motifs is 1. The minimum absolute atomic E-state index is 0.194. The summed E-state index contributed by atoms with van der Waals surface area (Å²) in [6, 6.07) is 13.5. The molecule has 0 bridgehead atoms. The Labute approximate surface area is 178 Å². The third-order valence-corrected chi connectivity index (χ3v) is 5.60. The van der Waals surface area contributed by atoms with Crippen LogP contribution in [0.1, 0.15) is 27.2 Å². The lowest BCUT2D eigenvalue weighted by Crippen LogP contribution is -2.30. The number of anilines is 1. The van der Waals surface area contributed by atoms with Crippen LogP contribution in [0.25, 0.3) is 0 Å². The highest BCUT2D eigenvalue weighted by molar-refractivity contribution is 6.37. The molecule has 0 fully saturated rings. The van der Waals surface area contributed by atoms with E-state index < -0.39 is 5.91 Å². The summed E-state index contributed by atoms with van der Waals surface area (Å²) in [6.45, 7) is 2.50. The van der Waals surface area contributed by atoms with Crippen LogP contribution in [0, 0.1) is 0 Å². The number of halogens is 2. The standard InChI is InChI=1S/C21H20Cl2N4O2/c1-29-19-16(23)8-7-15(22)18(19)21(28)24-20-14-9-10-27(12-17(14)25-26-20)11-13-5-3-2-4-6-13/h2-8H,9-12H2,1H3,(H2,24,25,26,28). The van der Waals surface area contributed by atoms with Crippen molar-refractivity contribution in [1.82, 2.24) is 15.1 Å². The molecule has 1 aliphatic rings. The van der Waals surface area contributed by atoms with E-state index in [2.05, 4.69) is 32.5 Å². The fourth-order valence-corrected chi connectivity index (χ4v) is 4.04. The van der Waals surface area contributed by atoms with Crippen LogP contribution in [0.3, 0.4) is 0 Å². The van der Waals surface area contributed by atoms with Gasteiger partial charge in [-0.3, -0.25) is 14.8 Å². The van der Waals surface area contributed by atoms with Gasteiger partial charge in [0.2, 0.25) is 0 Å². The maximum atomic E-state index is 12.9. The number of benzene rings is 2. The molecule has 6 nitrogen and oxygen atoms in total. The Morgan fingerprint density at radius 1 is 1.21 bits per heavy atom. The zero-order valence-corrected chi connectivity index (χ0v) is 17.3. The van der Waals surface area contributed by atoms with Gasteiger partial charge in [0.1, 0.15) is 5.56 Å². The van der Waals surface area contributed by atoms with Crippen molar-refractivity contribution in [3.63, 3.8) is 0 Å². The third kappa shape index (κ3) is 4.10. The quantitative estimate of drug-likeness (QED) is 0.623. The van der Waals surface area contributed by atoms with E-state index in [1.165, 1.54) is 12.7 Å². The van der Waals surface area contributed by atoms with E-state index in [1.54, 1.807) is 12.1 Å². The number of H-pyrrole nitrogens is 1. The maximum Gasteiger partial charge on any atom is 0.262 e. The largest absolute Gasteiger partial charge is 0.494 e. The summed E-state index contributed by atoms with van der Waals surface area (Å²) < 4.78 is 5.27. The van der Waals surface area contributed by atoms with Crippen LogP contribution in [0.5, 0.6) is 5.75 Å². The van der Waals surface area contributed by atoms with E-state index in [-0.39, 0.29) is 16.3 Å². The molecule has 2 aromatic carbocycles. The summed E-state index contributed by atoms with van der Waals surface area (Å²) in [7, 11) is 1.45. The monoisotopic (exact) mass is 430 g/mol. The average Bonchev–Trinajstić information content (AvgIpc) is 3.12. The Bertz CT molecular complexity index is 1040. The van der Waals surface area contributed by atoms with Gasteiger partial charge >= 0.3 is 0 Å². The van der Waals surface area contributed by atoms with Gasteiger partial charge in [0.05, 0.1) is 22.8 Å². The molecule has 0 saturated carbocycles. The zero-order valence-electron chi connectivity index (χ0n) is 15.8. The highest BCUT2D eigenvalue weighted by Gasteiger charge is 2.25. The lowest BCUT2D eigenvalue weighted by molar-refractivity contribution is 0.102. The van der Waals surface area contributed by atoms with Crippen LogP contribution in [0.4, 0.5) is 5.82 Å². The molecule has 0 atom stereocenters. The van der Waals surface area contributed by atoms with Gasteiger partial charge in [-0.1, -0.05) is 53.5 Å². The molecule has 0 aliphatic carbocycles. The van der Waals surface area contributed by atoms with Crippen molar-refractivity contribution in [3.8, 4) is 5.75 Å². The van der Waals surface area contributed by atoms with Crippen LogP contribution < -0.4 is 10.1 Å². The van der Waals surface area contributed by atoms with Gasteiger partial charge in [-0.15, -0.1) is 0 Å². The first-order chi connectivity index (χ1) is 14.1. The van der Waals surface area contributed by atoms with E-state index in [9.17, 15) is 4.79 Å². The molecular formula is C21H20Cl2N4O2. The summed E-state index contributed by atoms with van der Waals surface area (Å²) in [6.07, 6.45) is 0.786. The van der Waals surface area contributed by atoms with Gasteiger partial charge in [0.15, 0.2) is 11.6 Å². The van der Waals surface area contributed by atoms with Crippen LogP contribution in [-0.2, 0) is 19.5 Å². The first-order valence-electron chi connectivity index (χ1n) is 9.22. The van der Waals surface area contributed by atoms with Gasteiger partial charge in [-0.2, -0.15) is 5.10 Å². The summed E-state index contributed by atoms with van der Waals surface area (Å²) in [5.41, 5.74) is 3.48.